The van der Waals surface area contributed by atoms with E-state index in [2.05, 4.69) is 15.2 Å². The molecule has 2 aromatic carbocycles. The van der Waals surface area contributed by atoms with Crippen molar-refractivity contribution < 1.29 is 13.2 Å². The van der Waals surface area contributed by atoms with E-state index in [9.17, 15) is 13.2 Å². The highest BCUT2D eigenvalue weighted by atomic mass is 35.5. The topological polar surface area (TPSA) is 82.6 Å². The van der Waals surface area contributed by atoms with Crippen molar-refractivity contribution in [3.05, 3.63) is 59.1 Å². The Bertz CT molecular complexity index is 1370. The first-order valence-electron chi connectivity index (χ1n) is 12.2. The summed E-state index contributed by atoms with van der Waals surface area (Å²) in [6.07, 6.45) is 2.59. The Morgan fingerprint density at radius 1 is 1.14 bits per heavy atom. The van der Waals surface area contributed by atoms with Gasteiger partial charge in [0, 0.05) is 17.1 Å². The number of piperidine rings is 1. The zero-order valence-corrected chi connectivity index (χ0v) is 22.9. The highest BCUT2D eigenvalue weighted by molar-refractivity contribution is 7.88. The lowest BCUT2D eigenvalue weighted by molar-refractivity contribution is -0.117. The van der Waals surface area contributed by atoms with E-state index in [4.69, 9.17) is 11.6 Å². The van der Waals surface area contributed by atoms with Crippen LogP contribution in [0.25, 0.3) is 10.2 Å². The average molecular weight is 547 g/mol. The molecule has 1 aromatic heterocycles. The quantitative estimate of drug-likeness (QED) is 0.471. The normalized spacial score (nSPS) is 20.2. The van der Waals surface area contributed by atoms with Crippen LogP contribution in [0.15, 0.2) is 48.5 Å². The van der Waals surface area contributed by atoms with Crippen molar-refractivity contribution in [3.63, 3.8) is 0 Å². The first-order chi connectivity index (χ1) is 17.0. The van der Waals surface area contributed by atoms with E-state index >= 15 is 0 Å². The molecule has 192 valence electrons. The number of halogens is 1. The van der Waals surface area contributed by atoms with Gasteiger partial charge in [-0.05, 0) is 75.4 Å². The number of sulfonamides is 1. The fraction of sp³-hybridized carbons (Fsp3) is 0.462. The molecule has 0 unspecified atom stereocenters. The maximum absolute atomic E-state index is 13.4. The summed E-state index contributed by atoms with van der Waals surface area (Å²) in [5.41, 5.74) is 1.15. The first kappa shape index (κ1) is 25.6. The molecule has 36 heavy (non-hydrogen) atoms. The molecule has 1 amide bonds. The highest BCUT2D eigenvalue weighted by Crippen LogP contribution is 2.49. The molecule has 5 rings (SSSR count). The lowest BCUT2D eigenvalue weighted by Gasteiger charge is -2.39. The van der Waals surface area contributed by atoms with Crippen molar-refractivity contribution in [3.8, 4) is 0 Å². The highest BCUT2D eigenvalue weighted by Gasteiger charge is 2.53. The third kappa shape index (κ3) is 5.45. The molecule has 0 bridgehead atoms. The minimum absolute atomic E-state index is 0.0254. The van der Waals surface area contributed by atoms with Crippen LogP contribution < -0.4 is 5.32 Å². The summed E-state index contributed by atoms with van der Waals surface area (Å²) in [5, 5.41) is 4.14. The van der Waals surface area contributed by atoms with Crippen molar-refractivity contribution in [2.24, 2.45) is 5.41 Å². The molecule has 0 aliphatic carbocycles. The molecule has 2 fully saturated rings. The van der Waals surface area contributed by atoms with Crippen LogP contribution in [-0.2, 0) is 20.6 Å². The molecule has 1 N–H and O–H groups in total. The fourth-order valence-electron chi connectivity index (χ4n) is 5.75. The average Bonchev–Trinajstić information content (AvgIpc) is 3.32. The number of carbonyl (C=O) groups excluding carboxylic acids is 1. The summed E-state index contributed by atoms with van der Waals surface area (Å²) >= 11 is 7.46. The number of benzene rings is 2. The summed E-state index contributed by atoms with van der Waals surface area (Å²) in [7, 11) is -3.44. The maximum Gasteiger partial charge on any atom is 0.240 e. The zero-order chi connectivity index (χ0) is 25.6. The van der Waals surface area contributed by atoms with Gasteiger partial charge in [-0.2, -0.15) is 4.31 Å². The third-order valence-electron chi connectivity index (χ3n) is 7.37. The molecule has 3 heterocycles. The second-order valence-electron chi connectivity index (χ2n) is 10.7. The number of nitrogens with zero attached hydrogens (tertiary/aromatic N) is 3. The van der Waals surface area contributed by atoms with Crippen LogP contribution in [0.1, 0.15) is 38.7 Å². The number of anilines is 1. The van der Waals surface area contributed by atoms with Crippen molar-refractivity contribution >= 4 is 54.2 Å². The Labute approximate surface area is 221 Å². The number of hydrogen-bond donors (Lipinski definition) is 1. The smallest absolute Gasteiger partial charge is 0.240 e. The lowest BCUT2D eigenvalue weighted by Crippen LogP contribution is -2.45. The summed E-state index contributed by atoms with van der Waals surface area (Å²) in [5.74, 6) is -0.0626. The van der Waals surface area contributed by atoms with Gasteiger partial charge < -0.3 is 5.32 Å². The number of fused-ring (bicyclic) bond motifs is 1. The Morgan fingerprint density at radius 2 is 1.86 bits per heavy atom. The van der Waals surface area contributed by atoms with E-state index < -0.39 is 15.6 Å². The van der Waals surface area contributed by atoms with E-state index in [1.807, 2.05) is 56.3 Å². The summed E-state index contributed by atoms with van der Waals surface area (Å²) in [6, 6.07) is 14.9. The molecule has 2 aliphatic heterocycles. The Morgan fingerprint density at radius 3 is 2.58 bits per heavy atom. The molecular formula is C26H31ClN4O3S2. The van der Waals surface area contributed by atoms with Crippen LogP contribution in [0.5, 0.6) is 0 Å². The van der Waals surface area contributed by atoms with Gasteiger partial charge in [0.25, 0.3) is 0 Å². The molecule has 7 nitrogen and oxygen atoms in total. The van der Waals surface area contributed by atoms with Gasteiger partial charge in [-0.15, -0.1) is 0 Å². The van der Waals surface area contributed by atoms with Crippen LogP contribution in [0, 0.1) is 5.41 Å². The van der Waals surface area contributed by atoms with Crippen molar-refractivity contribution in [2.75, 3.05) is 31.5 Å². The molecular weight excluding hydrogens is 516 g/mol. The van der Waals surface area contributed by atoms with Crippen molar-refractivity contribution in [2.45, 2.75) is 44.4 Å². The number of aromatic nitrogens is 1. The molecule has 2 aliphatic rings. The largest absolute Gasteiger partial charge is 0.301 e. The number of carbonyl (C=O) groups is 1. The van der Waals surface area contributed by atoms with Gasteiger partial charge in [-0.3, -0.25) is 9.69 Å². The third-order valence-corrected chi connectivity index (χ3v) is 10.5. The van der Waals surface area contributed by atoms with Crippen LogP contribution in [-0.4, -0.2) is 60.2 Å². The maximum atomic E-state index is 13.4. The Hall–Kier alpha value is -2.04. The predicted molar refractivity (Wildman–Crippen MR) is 146 cm³/mol. The van der Waals surface area contributed by atoms with Gasteiger partial charge in [0.1, 0.15) is 0 Å². The van der Waals surface area contributed by atoms with Gasteiger partial charge in [0.05, 0.1) is 22.5 Å². The first-order valence-corrected chi connectivity index (χ1v) is 15.0. The minimum atomic E-state index is -3.44. The van der Waals surface area contributed by atoms with E-state index in [-0.39, 0.29) is 17.1 Å². The molecule has 1 spiro atoms. The number of likely N-dealkylation sites (tertiary alicyclic amines) is 1. The molecule has 10 heteroatoms. The van der Waals surface area contributed by atoms with E-state index in [1.165, 1.54) is 11.3 Å². The van der Waals surface area contributed by atoms with E-state index in [0.29, 0.717) is 23.2 Å². The minimum Gasteiger partial charge on any atom is -0.301 e. The number of rotatable bonds is 6. The monoisotopic (exact) mass is 546 g/mol. The van der Waals surface area contributed by atoms with Gasteiger partial charge in [-0.1, -0.05) is 53.3 Å². The van der Waals surface area contributed by atoms with Crippen LogP contribution in [0.2, 0.25) is 5.02 Å². The van der Waals surface area contributed by atoms with Crippen molar-refractivity contribution in [1.82, 2.24) is 14.2 Å². The molecule has 0 saturated carbocycles. The molecule has 0 atom stereocenters. The lowest BCUT2D eigenvalue weighted by atomic mass is 9.74. The second-order valence-corrected chi connectivity index (χ2v) is 14.1. The van der Waals surface area contributed by atoms with Gasteiger partial charge >= 0.3 is 0 Å². The summed E-state index contributed by atoms with van der Waals surface area (Å²) in [6.45, 7) is 6.46. The molecule has 0 radical (unpaired) electrons. The van der Waals surface area contributed by atoms with Crippen LogP contribution in [0.4, 0.5) is 5.13 Å². The standard InChI is InChI=1S/C26H31ClN4O3S2/c1-25(2)17-26(18-31(25)36(33,34)16-19-6-4-3-5-7-19)10-12-30(13-11-26)15-23(32)29-24-28-21-9-8-20(27)14-22(21)35-24/h3-9,14H,10-13,15-18H2,1-2H3,(H,28,29,32). The van der Waals surface area contributed by atoms with Crippen molar-refractivity contribution in [1.29, 1.82) is 0 Å². The van der Waals surface area contributed by atoms with E-state index in [0.717, 1.165) is 48.1 Å². The number of thiazole rings is 1. The fourth-order valence-corrected chi connectivity index (χ4v) is 8.97. The van der Waals surface area contributed by atoms with Gasteiger partial charge in [0.15, 0.2) is 5.13 Å². The van der Waals surface area contributed by atoms with Crippen LogP contribution in [0.3, 0.4) is 0 Å². The molecule has 2 saturated heterocycles. The molecule has 3 aromatic rings. The van der Waals surface area contributed by atoms with E-state index in [1.54, 1.807) is 10.4 Å². The number of hydrogen-bond acceptors (Lipinski definition) is 6. The summed E-state index contributed by atoms with van der Waals surface area (Å²) < 4.78 is 29.4. The number of nitrogens with one attached hydrogen (secondary N) is 1. The summed E-state index contributed by atoms with van der Waals surface area (Å²) in [4.78, 5) is 19.3. The predicted octanol–water partition coefficient (Wildman–Crippen LogP) is 4.98. The Balaban J connectivity index is 1.18. The second kappa shape index (κ2) is 9.68. The zero-order valence-electron chi connectivity index (χ0n) is 20.5. The Kier molecular flexibility index (Phi) is 6.89. The SMILES string of the molecule is CC1(C)CC2(CCN(CC(=O)Nc3nc4ccc(Cl)cc4s3)CC2)CN1S(=O)(=O)Cc1ccccc1. The van der Waals surface area contributed by atoms with Gasteiger partial charge in [0.2, 0.25) is 15.9 Å². The van der Waals surface area contributed by atoms with Gasteiger partial charge in [-0.25, -0.2) is 13.4 Å². The van der Waals surface area contributed by atoms with Crippen LogP contribution >= 0.6 is 22.9 Å². The number of amides is 1.